The van der Waals surface area contributed by atoms with Gasteiger partial charge in [0.15, 0.2) is 0 Å². The molecule has 0 saturated heterocycles. The highest BCUT2D eigenvalue weighted by Gasteiger charge is 2.18. The number of pyridine rings is 2. The Bertz CT molecular complexity index is 2950. The molecule has 3 nitrogen and oxygen atoms in total. The van der Waals surface area contributed by atoms with Crippen molar-refractivity contribution in [3.05, 3.63) is 212 Å². The zero-order valence-corrected chi connectivity index (χ0v) is 31.9. The average molecular weight is 730 g/mol. The first kappa shape index (κ1) is 34.2. The van der Waals surface area contributed by atoms with Gasteiger partial charge in [-0.2, -0.15) is 0 Å². The van der Waals surface area contributed by atoms with E-state index in [-0.39, 0.29) is 0 Å². The summed E-state index contributed by atoms with van der Waals surface area (Å²) in [4.78, 5) is 12.3. The van der Waals surface area contributed by atoms with Crippen LogP contribution in [-0.2, 0) is 0 Å². The van der Waals surface area contributed by atoms with E-state index in [4.69, 9.17) is 9.97 Å². The number of nitrogens with zero attached hydrogens (tertiary/aromatic N) is 3. The third-order valence-electron chi connectivity index (χ3n) is 11.1. The Kier molecular flexibility index (Phi) is 8.61. The maximum absolute atomic E-state index is 4.98. The van der Waals surface area contributed by atoms with E-state index in [0.717, 1.165) is 50.7 Å². The summed E-state index contributed by atoms with van der Waals surface area (Å²) in [7, 11) is 0. The molecule has 10 rings (SSSR count). The average Bonchev–Trinajstić information content (AvgIpc) is 3.27. The molecule has 0 bridgehead atoms. The van der Waals surface area contributed by atoms with Crippen LogP contribution in [0.4, 0.5) is 17.1 Å². The quantitative estimate of drug-likeness (QED) is 0.164. The Morgan fingerprint density at radius 1 is 0.351 bits per heavy atom. The van der Waals surface area contributed by atoms with Crippen LogP contribution in [0.1, 0.15) is 11.1 Å². The molecule has 270 valence electrons. The molecular formula is C54H39N3. The van der Waals surface area contributed by atoms with Crippen LogP contribution in [0.25, 0.3) is 77.1 Å². The van der Waals surface area contributed by atoms with Gasteiger partial charge in [-0.3, -0.25) is 9.97 Å². The summed E-state index contributed by atoms with van der Waals surface area (Å²) in [6.45, 7) is 4.28. The summed E-state index contributed by atoms with van der Waals surface area (Å²) in [5.41, 5.74) is 14.2. The molecule has 2 heterocycles. The van der Waals surface area contributed by atoms with Gasteiger partial charge < -0.3 is 4.90 Å². The van der Waals surface area contributed by atoms with Gasteiger partial charge in [-0.1, -0.05) is 133 Å². The van der Waals surface area contributed by atoms with Crippen LogP contribution in [0.2, 0.25) is 0 Å². The SMILES string of the molecule is Cc1cnc(-c2cccc(N(c3cccc(-c4cc(-c5ccc6ccccc6c5)c(C)cn4)c3)c3cccc4ccccc34)c2)cc1-c1ccc2ccccc2c1. The van der Waals surface area contributed by atoms with Crippen molar-refractivity contribution in [1.29, 1.82) is 0 Å². The molecule has 0 radical (unpaired) electrons. The zero-order chi connectivity index (χ0) is 38.3. The van der Waals surface area contributed by atoms with Gasteiger partial charge in [-0.05, 0) is 129 Å². The minimum atomic E-state index is 0.933. The number of hydrogen-bond acceptors (Lipinski definition) is 3. The van der Waals surface area contributed by atoms with E-state index in [0.29, 0.717) is 0 Å². The summed E-state index contributed by atoms with van der Waals surface area (Å²) in [5.74, 6) is 0. The first-order valence-corrected chi connectivity index (χ1v) is 19.5. The number of benzene rings is 8. The molecule has 0 atom stereocenters. The number of aromatic nitrogens is 2. The summed E-state index contributed by atoms with van der Waals surface area (Å²) in [6, 6.07) is 67.6. The normalized spacial score (nSPS) is 11.3. The molecule has 8 aromatic carbocycles. The van der Waals surface area contributed by atoms with Crippen LogP contribution in [-0.4, -0.2) is 9.97 Å². The lowest BCUT2D eigenvalue weighted by Gasteiger charge is -2.28. The highest BCUT2D eigenvalue weighted by Crippen LogP contribution is 2.42. The van der Waals surface area contributed by atoms with Gasteiger partial charge >= 0.3 is 0 Å². The van der Waals surface area contributed by atoms with Gasteiger partial charge in [0, 0.05) is 40.3 Å². The minimum absolute atomic E-state index is 0.933. The second kappa shape index (κ2) is 14.4. The van der Waals surface area contributed by atoms with E-state index < -0.39 is 0 Å². The standard InChI is InChI=1S/C54H39N3/c1-36-34-55-52(32-50(36)43-26-24-38-12-3-5-15-41(38)28-43)45-18-9-20-47(30-45)57(54-23-11-17-40-14-7-8-22-49(40)54)48-21-10-19-46(31-48)53-33-51(37(2)35-56-53)44-27-25-39-13-4-6-16-42(39)29-44/h3-35H,1-2H3. The van der Waals surface area contributed by atoms with Crippen molar-refractivity contribution < 1.29 is 0 Å². The first-order chi connectivity index (χ1) is 28.1. The smallest absolute Gasteiger partial charge is 0.0709 e. The molecule has 0 N–H and O–H groups in total. The van der Waals surface area contributed by atoms with E-state index in [1.165, 1.54) is 54.6 Å². The molecular weight excluding hydrogens is 691 g/mol. The number of hydrogen-bond donors (Lipinski definition) is 0. The number of rotatable bonds is 7. The van der Waals surface area contributed by atoms with Crippen LogP contribution in [0, 0.1) is 13.8 Å². The van der Waals surface area contributed by atoms with Gasteiger partial charge in [0.25, 0.3) is 0 Å². The van der Waals surface area contributed by atoms with Gasteiger partial charge in [-0.25, -0.2) is 0 Å². The topological polar surface area (TPSA) is 29.0 Å². The molecule has 0 aliphatic rings. The van der Waals surface area contributed by atoms with Crippen molar-refractivity contribution in [2.24, 2.45) is 0 Å². The van der Waals surface area contributed by atoms with Gasteiger partial charge in [-0.15, -0.1) is 0 Å². The second-order valence-electron chi connectivity index (χ2n) is 14.8. The lowest BCUT2D eigenvalue weighted by molar-refractivity contribution is 1.25. The predicted molar refractivity (Wildman–Crippen MR) is 240 cm³/mol. The molecule has 0 spiro atoms. The Balaban J connectivity index is 1.08. The molecule has 0 fully saturated rings. The summed E-state index contributed by atoms with van der Waals surface area (Å²) in [6.07, 6.45) is 4.00. The summed E-state index contributed by atoms with van der Waals surface area (Å²) in [5, 5.41) is 7.30. The molecule has 0 amide bonds. The van der Waals surface area contributed by atoms with Crippen molar-refractivity contribution in [3.63, 3.8) is 0 Å². The predicted octanol–water partition coefficient (Wildman–Crippen LogP) is 14.7. The van der Waals surface area contributed by atoms with Crippen molar-refractivity contribution in [3.8, 4) is 44.8 Å². The molecule has 2 aromatic heterocycles. The fraction of sp³-hybridized carbons (Fsp3) is 0.0370. The van der Waals surface area contributed by atoms with Crippen LogP contribution in [0.15, 0.2) is 200 Å². The third-order valence-corrected chi connectivity index (χ3v) is 11.1. The van der Waals surface area contributed by atoms with Gasteiger partial charge in [0.05, 0.1) is 17.1 Å². The zero-order valence-electron chi connectivity index (χ0n) is 31.9. The van der Waals surface area contributed by atoms with Crippen molar-refractivity contribution >= 4 is 49.4 Å². The van der Waals surface area contributed by atoms with E-state index in [9.17, 15) is 0 Å². The Hall–Kier alpha value is -7.36. The molecule has 0 unspecified atom stereocenters. The van der Waals surface area contributed by atoms with Crippen molar-refractivity contribution in [1.82, 2.24) is 9.97 Å². The van der Waals surface area contributed by atoms with Crippen molar-refractivity contribution in [2.75, 3.05) is 4.90 Å². The number of fused-ring (bicyclic) bond motifs is 3. The molecule has 0 saturated carbocycles. The molecule has 10 aromatic rings. The number of anilines is 3. The molecule has 0 aliphatic heterocycles. The van der Waals surface area contributed by atoms with Crippen molar-refractivity contribution in [2.45, 2.75) is 13.8 Å². The maximum atomic E-state index is 4.98. The second-order valence-corrected chi connectivity index (χ2v) is 14.8. The van der Waals surface area contributed by atoms with E-state index in [2.05, 4.69) is 207 Å². The number of aryl methyl sites for hydroxylation is 2. The Labute approximate surface area is 333 Å². The van der Waals surface area contributed by atoms with Gasteiger partial charge in [0.1, 0.15) is 0 Å². The van der Waals surface area contributed by atoms with Gasteiger partial charge in [0.2, 0.25) is 0 Å². The highest BCUT2D eigenvalue weighted by molar-refractivity contribution is 5.99. The summed E-state index contributed by atoms with van der Waals surface area (Å²) < 4.78 is 0. The van der Waals surface area contributed by atoms with E-state index >= 15 is 0 Å². The summed E-state index contributed by atoms with van der Waals surface area (Å²) >= 11 is 0. The maximum Gasteiger partial charge on any atom is 0.0709 e. The van der Waals surface area contributed by atoms with E-state index in [1.54, 1.807) is 0 Å². The van der Waals surface area contributed by atoms with Crippen LogP contribution < -0.4 is 4.90 Å². The largest absolute Gasteiger partial charge is 0.310 e. The first-order valence-electron chi connectivity index (χ1n) is 19.5. The molecule has 0 aliphatic carbocycles. The lowest BCUT2D eigenvalue weighted by atomic mass is 9.96. The van der Waals surface area contributed by atoms with Crippen LogP contribution in [0.5, 0.6) is 0 Å². The fourth-order valence-electron chi connectivity index (χ4n) is 8.14. The van der Waals surface area contributed by atoms with Crippen LogP contribution >= 0.6 is 0 Å². The molecule has 57 heavy (non-hydrogen) atoms. The fourth-order valence-corrected chi connectivity index (χ4v) is 8.14. The Morgan fingerprint density at radius 3 is 1.35 bits per heavy atom. The Morgan fingerprint density at radius 2 is 0.807 bits per heavy atom. The monoisotopic (exact) mass is 729 g/mol. The lowest BCUT2D eigenvalue weighted by Crippen LogP contribution is -2.11. The van der Waals surface area contributed by atoms with Crippen LogP contribution in [0.3, 0.4) is 0 Å². The third kappa shape index (κ3) is 6.49. The van der Waals surface area contributed by atoms with E-state index in [1.807, 2.05) is 12.4 Å². The highest BCUT2D eigenvalue weighted by atomic mass is 15.1. The molecule has 3 heteroatoms. The minimum Gasteiger partial charge on any atom is -0.310 e.